The van der Waals surface area contributed by atoms with E-state index in [0.717, 1.165) is 16.8 Å². The van der Waals surface area contributed by atoms with Gasteiger partial charge in [0.2, 0.25) is 0 Å². The summed E-state index contributed by atoms with van der Waals surface area (Å²) < 4.78 is 0. The van der Waals surface area contributed by atoms with E-state index in [0.29, 0.717) is 10.6 Å². The van der Waals surface area contributed by atoms with Crippen molar-refractivity contribution in [3.05, 3.63) is 53.1 Å². The summed E-state index contributed by atoms with van der Waals surface area (Å²) in [6, 6.07) is 10.3. The van der Waals surface area contributed by atoms with Gasteiger partial charge >= 0.3 is 0 Å². The van der Waals surface area contributed by atoms with Crippen molar-refractivity contribution in [1.29, 1.82) is 0 Å². The molecule has 0 fully saturated rings. The third-order valence-electron chi connectivity index (χ3n) is 2.95. The van der Waals surface area contributed by atoms with Gasteiger partial charge in [-0.05, 0) is 37.1 Å². The van der Waals surface area contributed by atoms with Crippen LogP contribution in [0.25, 0.3) is 0 Å². The molecule has 2 aromatic carbocycles. The molecule has 0 unspecified atom stereocenters. The van der Waals surface area contributed by atoms with Gasteiger partial charge in [0, 0.05) is 11.8 Å². The van der Waals surface area contributed by atoms with Crippen molar-refractivity contribution in [1.82, 2.24) is 0 Å². The number of para-hydroxylation sites is 1. The third-order valence-corrected chi connectivity index (χ3v) is 3.27. The molecule has 0 heterocycles. The minimum Gasteiger partial charge on any atom is -0.508 e. The van der Waals surface area contributed by atoms with Crippen LogP contribution in [0.1, 0.15) is 16.7 Å². The molecule has 0 aliphatic carbocycles. The van der Waals surface area contributed by atoms with Gasteiger partial charge in [0.25, 0.3) is 0 Å². The van der Waals surface area contributed by atoms with Crippen molar-refractivity contribution in [3.63, 3.8) is 0 Å². The van der Waals surface area contributed by atoms with Crippen LogP contribution in [0.4, 0.5) is 5.69 Å². The minimum absolute atomic E-state index is 0.0103. The van der Waals surface area contributed by atoms with E-state index in [9.17, 15) is 10.2 Å². The Labute approximate surface area is 117 Å². The number of hydrogen-bond acceptors (Lipinski definition) is 3. The monoisotopic (exact) mass is 273 g/mol. The number of phenolic OH excluding ortho intramolecular Hbond substituents is 2. The summed E-state index contributed by atoms with van der Waals surface area (Å²) in [7, 11) is 0. The SMILES string of the molecule is Cc1cccc(C)c1NC(=S)c1ccc(O)cc1O. The van der Waals surface area contributed by atoms with Crippen molar-refractivity contribution < 1.29 is 10.2 Å². The van der Waals surface area contributed by atoms with E-state index in [1.54, 1.807) is 6.07 Å². The largest absolute Gasteiger partial charge is 0.508 e. The summed E-state index contributed by atoms with van der Waals surface area (Å²) in [5, 5.41) is 22.2. The van der Waals surface area contributed by atoms with Crippen LogP contribution in [-0.4, -0.2) is 15.2 Å². The van der Waals surface area contributed by atoms with E-state index in [4.69, 9.17) is 12.2 Å². The van der Waals surface area contributed by atoms with E-state index in [1.165, 1.54) is 12.1 Å². The zero-order valence-electron chi connectivity index (χ0n) is 10.8. The summed E-state index contributed by atoms with van der Waals surface area (Å²) in [6.07, 6.45) is 0. The molecule has 98 valence electrons. The second kappa shape index (κ2) is 5.28. The van der Waals surface area contributed by atoms with Crippen LogP contribution in [0.15, 0.2) is 36.4 Å². The third kappa shape index (κ3) is 2.85. The molecular formula is C15H15NO2S. The lowest BCUT2D eigenvalue weighted by molar-refractivity contribution is 0.450. The Balaban J connectivity index is 2.31. The predicted octanol–water partition coefficient (Wildman–Crippen LogP) is 3.50. The lowest BCUT2D eigenvalue weighted by Crippen LogP contribution is -2.12. The summed E-state index contributed by atoms with van der Waals surface area (Å²) >= 11 is 5.30. The van der Waals surface area contributed by atoms with E-state index in [2.05, 4.69) is 5.32 Å². The topological polar surface area (TPSA) is 52.5 Å². The molecule has 0 bridgehead atoms. The van der Waals surface area contributed by atoms with E-state index in [1.807, 2.05) is 32.0 Å². The van der Waals surface area contributed by atoms with Gasteiger partial charge in [-0.2, -0.15) is 0 Å². The van der Waals surface area contributed by atoms with Gasteiger partial charge in [-0.15, -0.1) is 0 Å². The fourth-order valence-electron chi connectivity index (χ4n) is 1.90. The van der Waals surface area contributed by atoms with Gasteiger partial charge in [0.05, 0.1) is 5.56 Å². The Hall–Kier alpha value is -2.07. The van der Waals surface area contributed by atoms with E-state index < -0.39 is 0 Å². The Morgan fingerprint density at radius 3 is 2.26 bits per heavy atom. The van der Waals surface area contributed by atoms with Crippen LogP contribution in [0.5, 0.6) is 11.5 Å². The highest BCUT2D eigenvalue weighted by atomic mass is 32.1. The van der Waals surface area contributed by atoms with Crippen molar-refractivity contribution in [2.45, 2.75) is 13.8 Å². The van der Waals surface area contributed by atoms with Crippen LogP contribution < -0.4 is 5.32 Å². The summed E-state index contributed by atoms with van der Waals surface area (Å²) in [4.78, 5) is 0.426. The lowest BCUT2D eigenvalue weighted by Gasteiger charge is -2.14. The number of benzene rings is 2. The maximum Gasteiger partial charge on any atom is 0.129 e. The van der Waals surface area contributed by atoms with Crippen molar-refractivity contribution in [2.75, 3.05) is 5.32 Å². The average molecular weight is 273 g/mol. The van der Waals surface area contributed by atoms with Crippen LogP contribution in [0, 0.1) is 13.8 Å². The summed E-state index contributed by atoms with van der Waals surface area (Å²) in [5.41, 5.74) is 3.61. The molecule has 0 aromatic heterocycles. The predicted molar refractivity (Wildman–Crippen MR) is 81.0 cm³/mol. The standard InChI is InChI=1S/C15H15NO2S/c1-9-4-3-5-10(2)14(9)16-15(19)12-7-6-11(17)8-13(12)18/h3-8,17-18H,1-2H3,(H,16,19). The number of thiocarbonyl (C=S) groups is 1. The molecular weight excluding hydrogens is 258 g/mol. The first kappa shape index (κ1) is 13.4. The molecule has 0 saturated heterocycles. The molecule has 0 aliphatic rings. The highest BCUT2D eigenvalue weighted by Gasteiger charge is 2.10. The smallest absolute Gasteiger partial charge is 0.129 e. The van der Waals surface area contributed by atoms with E-state index in [-0.39, 0.29) is 11.5 Å². The number of aryl methyl sites for hydroxylation is 2. The Morgan fingerprint density at radius 1 is 1.05 bits per heavy atom. The van der Waals surface area contributed by atoms with Crippen molar-refractivity contribution in [3.8, 4) is 11.5 Å². The van der Waals surface area contributed by atoms with Gasteiger partial charge in [0.15, 0.2) is 0 Å². The zero-order valence-corrected chi connectivity index (χ0v) is 11.6. The van der Waals surface area contributed by atoms with Gasteiger partial charge in [-0.25, -0.2) is 0 Å². The zero-order chi connectivity index (χ0) is 14.0. The van der Waals surface area contributed by atoms with Gasteiger partial charge < -0.3 is 15.5 Å². The molecule has 0 spiro atoms. The second-order valence-electron chi connectivity index (χ2n) is 4.42. The highest BCUT2D eigenvalue weighted by Crippen LogP contribution is 2.26. The van der Waals surface area contributed by atoms with Crippen LogP contribution in [-0.2, 0) is 0 Å². The number of phenols is 2. The molecule has 4 heteroatoms. The lowest BCUT2D eigenvalue weighted by atomic mass is 10.1. The fraction of sp³-hybridized carbons (Fsp3) is 0.133. The molecule has 0 radical (unpaired) electrons. The van der Waals surface area contributed by atoms with Gasteiger partial charge in [0.1, 0.15) is 16.5 Å². The highest BCUT2D eigenvalue weighted by molar-refractivity contribution is 7.81. The number of hydrogen-bond donors (Lipinski definition) is 3. The molecule has 3 N–H and O–H groups in total. The van der Waals surface area contributed by atoms with Crippen LogP contribution in [0.3, 0.4) is 0 Å². The first-order valence-corrected chi connectivity index (χ1v) is 6.29. The maximum atomic E-state index is 9.79. The minimum atomic E-state index is -0.0382. The summed E-state index contributed by atoms with van der Waals surface area (Å²) in [6.45, 7) is 3.99. The first-order chi connectivity index (χ1) is 8.99. The van der Waals surface area contributed by atoms with Crippen molar-refractivity contribution >= 4 is 22.9 Å². The number of rotatable bonds is 2. The number of aromatic hydroxyl groups is 2. The average Bonchev–Trinajstić information content (AvgIpc) is 2.33. The van der Waals surface area contributed by atoms with Crippen molar-refractivity contribution in [2.24, 2.45) is 0 Å². The number of anilines is 1. The normalized spacial score (nSPS) is 10.2. The summed E-state index contributed by atoms with van der Waals surface area (Å²) in [5.74, 6) is -0.0279. The molecule has 2 aromatic rings. The van der Waals surface area contributed by atoms with Crippen LogP contribution >= 0.6 is 12.2 Å². The number of nitrogens with one attached hydrogen (secondary N) is 1. The molecule has 19 heavy (non-hydrogen) atoms. The quantitative estimate of drug-likeness (QED) is 0.733. The molecule has 3 nitrogen and oxygen atoms in total. The molecule has 0 saturated carbocycles. The molecule has 0 aliphatic heterocycles. The van der Waals surface area contributed by atoms with Gasteiger partial charge in [-0.1, -0.05) is 30.4 Å². The fourth-order valence-corrected chi connectivity index (χ4v) is 2.18. The van der Waals surface area contributed by atoms with Gasteiger partial charge in [-0.3, -0.25) is 0 Å². The maximum absolute atomic E-state index is 9.79. The Bertz CT molecular complexity index is 618. The second-order valence-corrected chi connectivity index (χ2v) is 4.83. The molecule has 0 atom stereocenters. The van der Waals surface area contributed by atoms with Crippen LogP contribution in [0.2, 0.25) is 0 Å². The first-order valence-electron chi connectivity index (χ1n) is 5.88. The molecule has 0 amide bonds. The van der Waals surface area contributed by atoms with E-state index >= 15 is 0 Å². The molecule has 2 rings (SSSR count). The Kier molecular flexibility index (Phi) is 3.71. The Morgan fingerprint density at radius 2 is 1.68 bits per heavy atom.